The normalized spacial score (nSPS) is 11.4. The van der Waals surface area contributed by atoms with Crippen LogP contribution in [0.25, 0.3) is 0 Å². The van der Waals surface area contributed by atoms with Crippen LogP contribution in [0.3, 0.4) is 0 Å². The van der Waals surface area contributed by atoms with Crippen LogP contribution in [-0.2, 0) is 9.59 Å². The van der Waals surface area contributed by atoms with Gasteiger partial charge >= 0.3 is 12.0 Å². The molecule has 5 N–H and O–H groups in total. The average Bonchev–Trinajstić information content (AvgIpc) is 2.20. The van der Waals surface area contributed by atoms with Crippen LogP contribution in [0.4, 0.5) is 4.79 Å². The molecule has 0 heterocycles. The van der Waals surface area contributed by atoms with Crippen molar-refractivity contribution < 1.29 is 19.5 Å². The topological polar surface area (TPSA) is 122 Å². The van der Waals surface area contributed by atoms with Crippen LogP contribution in [0, 0.1) is 0 Å². The molecule has 0 saturated heterocycles. The number of halogens is 1. The van der Waals surface area contributed by atoms with E-state index in [0.717, 1.165) is 0 Å². The molecule has 0 rings (SSSR count). The van der Waals surface area contributed by atoms with Crippen molar-refractivity contribution in [3.05, 3.63) is 11.6 Å². The fourth-order valence-corrected chi connectivity index (χ4v) is 0.996. The Morgan fingerprint density at radius 3 is 2.41 bits per heavy atom. The highest BCUT2D eigenvalue weighted by Gasteiger charge is 2.20. The minimum absolute atomic E-state index is 0.0234. The first-order valence-corrected chi connectivity index (χ1v) is 5.09. The molecule has 0 aliphatic rings. The Morgan fingerprint density at radius 1 is 1.41 bits per heavy atom. The van der Waals surface area contributed by atoms with Crippen LogP contribution in [0.15, 0.2) is 11.6 Å². The van der Waals surface area contributed by atoms with E-state index in [1.54, 1.807) is 0 Å². The molecule has 0 radical (unpaired) electrons. The summed E-state index contributed by atoms with van der Waals surface area (Å²) < 4.78 is 0. The molecule has 0 aliphatic heterocycles. The first-order chi connectivity index (χ1) is 7.82. The Bertz CT molecular complexity index is 332. The van der Waals surface area contributed by atoms with Crippen LogP contribution in [0.2, 0.25) is 0 Å². The second kappa shape index (κ2) is 7.50. The first kappa shape index (κ1) is 15.2. The van der Waals surface area contributed by atoms with E-state index < -0.39 is 23.9 Å². The summed E-state index contributed by atoms with van der Waals surface area (Å²) in [4.78, 5) is 32.5. The number of primary amides is 1. The Hall–Kier alpha value is -1.76. The van der Waals surface area contributed by atoms with Gasteiger partial charge in [-0.3, -0.25) is 4.79 Å². The van der Waals surface area contributed by atoms with Crippen molar-refractivity contribution in [3.63, 3.8) is 0 Å². The molecule has 17 heavy (non-hydrogen) atoms. The molecule has 96 valence electrons. The van der Waals surface area contributed by atoms with Crippen LogP contribution in [0.1, 0.15) is 12.8 Å². The summed E-state index contributed by atoms with van der Waals surface area (Å²) in [6.45, 7) is 3.37. The van der Waals surface area contributed by atoms with Gasteiger partial charge < -0.3 is 21.5 Å². The second-order valence-electron chi connectivity index (χ2n) is 3.24. The number of nitrogens with one attached hydrogen (secondary N) is 2. The smallest absolute Gasteiger partial charge is 0.326 e. The van der Waals surface area contributed by atoms with Gasteiger partial charge in [0.2, 0.25) is 5.91 Å². The highest BCUT2D eigenvalue weighted by molar-refractivity contribution is 6.29. The number of carbonyl (C=O) groups excluding carboxylic acids is 2. The number of carboxylic acids is 1. The predicted molar refractivity (Wildman–Crippen MR) is 61.4 cm³/mol. The van der Waals surface area contributed by atoms with Gasteiger partial charge in [0.1, 0.15) is 6.04 Å². The molecule has 8 heteroatoms. The summed E-state index contributed by atoms with van der Waals surface area (Å²) in [5, 5.41) is 13.5. The second-order valence-corrected chi connectivity index (χ2v) is 3.77. The van der Waals surface area contributed by atoms with E-state index in [9.17, 15) is 14.4 Å². The monoisotopic (exact) mass is 263 g/mol. The first-order valence-electron chi connectivity index (χ1n) is 4.71. The fourth-order valence-electron chi connectivity index (χ4n) is 0.929. The van der Waals surface area contributed by atoms with Gasteiger partial charge in [0.25, 0.3) is 0 Å². The van der Waals surface area contributed by atoms with Gasteiger partial charge in [-0.2, -0.15) is 0 Å². The maximum absolute atomic E-state index is 11.2. The molecule has 1 atom stereocenters. The lowest BCUT2D eigenvalue weighted by atomic mass is 10.1. The summed E-state index contributed by atoms with van der Waals surface area (Å²) in [7, 11) is 0. The molecule has 7 nitrogen and oxygen atoms in total. The number of urea groups is 1. The molecule has 0 bridgehead atoms. The third-order valence-corrected chi connectivity index (χ3v) is 1.86. The maximum Gasteiger partial charge on any atom is 0.326 e. The zero-order valence-corrected chi connectivity index (χ0v) is 9.79. The van der Waals surface area contributed by atoms with Crippen LogP contribution in [-0.4, -0.2) is 35.6 Å². The van der Waals surface area contributed by atoms with Gasteiger partial charge in [-0.05, 0) is 6.42 Å². The number of aliphatic carboxylic acids is 1. The number of carbonyl (C=O) groups is 3. The van der Waals surface area contributed by atoms with Gasteiger partial charge in [-0.15, -0.1) is 0 Å². The van der Waals surface area contributed by atoms with E-state index >= 15 is 0 Å². The van der Waals surface area contributed by atoms with Crippen molar-refractivity contribution >= 4 is 29.5 Å². The minimum Gasteiger partial charge on any atom is -0.480 e. The number of nitrogens with two attached hydrogens (primary N) is 1. The molecule has 0 aliphatic carbocycles. The Balaban J connectivity index is 4.15. The van der Waals surface area contributed by atoms with Crippen LogP contribution < -0.4 is 16.4 Å². The van der Waals surface area contributed by atoms with Crippen LogP contribution >= 0.6 is 11.6 Å². The van der Waals surface area contributed by atoms with E-state index in [2.05, 4.69) is 17.2 Å². The van der Waals surface area contributed by atoms with Gasteiger partial charge in [-0.25, -0.2) is 9.59 Å². The summed E-state index contributed by atoms with van der Waals surface area (Å²) in [6, 6.07) is -1.88. The largest absolute Gasteiger partial charge is 0.480 e. The van der Waals surface area contributed by atoms with E-state index in [0.29, 0.717) is 0 Å². The van der Waals surface area contributed by atoms with Crippen LogP contribution in [0.5, 0.6) is 0 Å². The van der Waals surface area contributed by atoms with Crippen molar-refractivity contribution in [1.29, 1.82) is 0 Å². The average molecular weight is 264 g/mol. The van der Waals surface area contributed by atoms with Gasteiger partial charge in [0, 0.05) is 11.5 Å². The highest BCUT2D eigenvalue weighted by atomic mass is 35.5. The van der Waals surface area contributed by atoms with Crippen molar-refractivity contribution in [1.82, 2.24) is 10.6 Å². The summed E-state index contributed by atoms with van der Waals surface area (Å²) in [5.74, 6) is -1.88. The Labute approximate surface area is 103 Å². The molecular formula is C9H14ClN3O4. The zero-order chi connectivity index (χ0) is 13.4. The van der Waals surface area contributed by atoms with E-state index in [-0.39, 0.29) is 24.4 Å². The minimum atomic E-state index is -1.24. The zero-order valence-electron chi connectivity index (χ0n) is 9.03. The lowest BCUT2D eigenvalue weighted by Crippen LogP contribution is -2.46. The lowest BCUT2D eigenvalue weighted by molar-refractivity contribution is -0.139. The quantitative estimate of drug-likeness (QED) is 0.506. The number of hydrogen-bond acceptors (Lipinski definition) is 3. The molecule has 3 amide bonds. The van der Waals surface area contributed by atoms with E-state index in [4.69, 9.17) is 22.4 Å². The predicted octanol–water partition coefficient (Wildman–Crippen LogP) is -0.243. The summed E-state index contributed by atoms with van der Waals surface area (Å²) in [6.07, 6.45) is -0.195. The standard InChI is InChI=1S/C9H14ClN3O4/c1-5(10)4-12-9(17)13-6(8(15)16)2-3-7(11)14/h6H,1-4H2,(H2,11,14)(H,15,16)(H2,12,13,17)/t6-/m0/s1. The molecule has 0 aromatic rings. The SMILES string of the molecule is C=C(Cl)CNC(=O)N[C@@H](CCC(N)=O)C(=O)O. The lowest BCUT2D eigenvalue weighted by Gasteiger charge is -2.14. The van der Waals surface area contributed by atoms with Gasteiger partial charge in [-0.1, -0.05) is 18.2 Å². The summed E-state index contributed by atoms with van der Waals surface area (Å²) in [5.41, 5.74) is 4.88. The molecule has 0 saturated carbocycles. The van der Waals surface area contributed by atoms with E-state index in [1.165, 1.54) is 0 Å². The number of carboxylic acid groups (broad SMARTS) is 1. The molecule has 0 spiro atoms. The number of rotatable bonds is 7. The van der Waals surface area contributed by atoms with Crippen molar-refractivity contribution in [2.45, 2.75) is 18.9 Å². The fraction of sp³-hybridized carbons (Fsp3) is 0.444. The van der Waals surface area contributed by atoms with E-state index in [1.807, 2.05) is 0 Å². The Kier molecular flexibility index (Phi) is 6.73. The third kappa shape index (κ3) is 8.09. The van der Waals surface area contributed by atoms with Crippen molar-refractivity contribution in [2.75, 3.05) is 6.54 Å². The third-order valence-electron chi connectivity index (χ3n) is 1.72. The molecule has 0 aromatic heterocycles. The molecular weight excluding hydrogens is 250 g/mol. The molecule has 0 unspecified atom stereocenters. The maximum atomic E-state index is 11.2. The van der Waals surface area contributed by atoms with Crippen molar-refractivity contribution in [2.24, 2.45) is 5.73 Å². The van der Waals surface area contributed by atoms with Gasteiger partial charge in [0.15, 0.2) is 0 Å². The highest BCUT2D eigenvalue weighted by Crippen LogP contribution is 1.98. The molecule has 0 aromatic carbocycles. The van der Waals surface area contributed by atoms with Crippen molar-refractivity contribution in [3.8, 4) is 0 Å². The molecule has 0 fully saturated rings. The number of amides is 3. The van der Waals surface area contributed by atoms with Gasteiger partial charge in [0.05, 0.1) is 6.54 Å². The summed E-state index contributed by atoms with van der Waals surface area (Å²) >= 11 is 5.41. The Morgan fingerprint density at radius 2 is 2.00 bits per heavy atom. The number of hydrogen-bond donors (Lipinski definition) is 4.